The fraction of sp³-hybridized carbons (Fsp3) is 0.292. The Labute approximate surface area is 190 Å². The number of ether oxygens (including phenoxy) is 4. The van der Waals surface area contributed by atoms with Gasteiger partial charge in [-0.3, -0.25) is 9.88 Å². The molecule has 4 heterocycles. The predicted molar refractivity (Wildman–Crippen MR) is 123 cm³/mol. The summed E-state index contributed by atoms with van der Waals surface area (Å²) in [5, 5.41) is 3.31. The molecule has 2 aliphatic heterocycles. The summed E-state index contributed by atoms with van der Waals surface area (Å²) in [6, 6.07) is 11.1. The minimum atomic E-state index is -0.364. The number of hydrogen-bond donors (Lipinski definition) is 1. The number of carbonyl (C=O) groups is 1. The molecule has 0 aliphatic carbocycles. The highest BCUT2D eigenvalue weighted by molar-refractivity contribution is 5.90. The van der Waals surface area contributed by atoms with E-state index < -0.39 is 0 Å². The Balaban J connectivity index is 1.16. The van der Waals surface area contributed by atoms with Crippen LogP contribution < -0.4 is 24.4 Å². The molecule has 1 amide bonds. The molecule has 0 unspecified atom stereocenters. The molecule has 1 aromatic carbocycles. The van der Waals surface area contributed by atoms with Crippen LogP contribution in [0.2, 0.25) is 0 Å². The summed E-state index contributed by atoms with van der Waals surface area (Å²) in [4.78, 5) is 22.8. The van der Waals surface area contributed by atoms with Crippen LogP contribution in [0.4, 0.5) is 10.5 Å². The largest absolute Gasteiger partial charge is 0.486 e. The number of rotatable bonds is 7. The molecule has 9 nitrogen and oxygen atoms in total. The first-order valence-electron chi connectivity index (χ1n) is 10.8. The van der Waals surface area contributed by atoms with Crippen molar-refractivity contribution in [3.8, 4) is 17.4 Å². The molecule has 5 rings (SSSR count). The summed E-state index contributed by atoms with van der Waals surface area (Å²) in [6.07, 6.45) is 5.15. The second kappa shape index (κ2) is 9.33. The van der Waals surface area contributed by atoms with Crippen molar-refractivity contribution < 1.29 is 23.7 Å². The Morgan fingerprint density at radius 1 is 1.18 bits per heavy atom. The zero-order valence-corrected chi connectivity index (χ0v) is 18.2. The molecule has 1 saturated heterocycles. The fourth-order valence-corrected chi connectivity index (χ4v) is 3.83. The number of nitrogens with one attached hydrogen (secondary N) is 1. The Kier molecular flexibility index (Phi) is 5.95. The van der Waals surface area contributed by atoms with Crippen LogP contribution in [0.5, 0.6) is 17.4 Å². The highest BCUT2D eigenvalue weighted by Gasteiger charge is 2.32. The van der Waals surface area contributed by atoms with E-state index in [1.807, 2.05) is 42.5 Å². The quantitative estimate of drug-likeness (QED) is 0.551. The highest BCUT2D eigenvalue weighted by atomic mass is 16.6. The van der Waals surface area contributed by atoms with Crippen LogP contribution in [0.1, 0.15) is 5.56 Å². The maximum Gasteiger partial charge on any atom is 0.414 e. The number of benzene rings is 1. The summed E-state index contributed by atoms with van der Waals surface area (Å²) < 4.78 is 21.9. The second-order valence-electron chi connectivity index (χ2n) is 7.63. The third-order valence-corrected chi connectivity index (χ3v) is 5.44. The van der Waals surface area contributed by atoms with E-state index in [-0.39, 0.29) is 12.2 Å². The van der Waals surface area contributed by atoms with Gasteiger partial charge in [-0.1, -0.05) is 12.2 Å². The van der Waals surface area contributed by atoms with Gasteiger partial charge < -0.3 is 24.3 Å². The Morgan fingerprint density at radius 2 is 2.06 bits per heavy atom. The molecule has 2 aliphatic rings. The molecule has 0 spiro atoms. The van der Waals surface area contributed by atoms with Crippen molar-refractivity contribution >= 4 is 28.9 Å². The number of amides is 1. The second-order valence-corrected chi connectivity index (χ2v) is 7.63. The summed E-state index contributed by atoms with van der Waals surface area (Å²) in [5.74, 6) is 1.89. The van der Waals surface area contributed by atoms with E-state index >= 15 is 0 Å². The number of anilines is 1. The van der Waals surface area contributed by atoms with E-state index in [4.69, 9.17) is 18.9 Å². The van der Waals surface area contributed by atoms with Crippen molar-refractivity contribution in [2.24, 2.45) is 0 Å². The molecule has 0 radical (unpaired) electrons. The van der Waals surface area contributed by atoms with Gasteiger partial charge in [-0.05, 0) is 24.3 Å². The van der Waals surface area contributed by atoms with E-state index in [9.17, 15) is 4.79 Å². The number of fused-ring (bicyclic) bond motifs is 2. The normalized spacial score (nSPS) is 17.5. The maximum absolute atomic E-state index is 12.4. The van der Waals surface area contributed by atoms with Crippen molar-refractivity contribution in [3.63, 3.8) is 0 Å². The van der Waals surface area contributed by atoms with Crippen LogP contribution in [0.3, 0.4) is 0 Å². The fourth-order valence-electron chi connectivity index (χ4n) is 3.83. The number of carbonyl (C=O) groups excluding carboxylic acids is 1. The van der Waals surface area contributed by atoms with Gasteiger partial charge in [0.2, 0.25) is 5.88 Å². The van der Waals surface area contributed by atoms with Gasteiger partial charge in [0.1, 0.15) is 19.3 Å². The molecular formula is C24H24N4O5. The Morgan fingerprint density at radius 3 is 2.94 bits per heavy atom. The number of hydrogen-bond acceptors (Lipinski definition) is 8. The Hall–Kier alpha value is -3.85. The summed E-state index contributed by atoms with van der Waals surface area (Å²) in [7, 11) is 1.59. The van der Waals surface area contributed by atoms with Crippen molar-refractivity contribution in [1.82, 2.24) is 15.3 Å². The zero-order chi connectivity index (χ0) is 22.6. The van der Waals surface area contributed by atoms with Gasteiger partial charge in [0.25, 0.3) is 0 Å². The number of aromatic nitrogens is 2. The average molecular weight is 448 g/mol. The SMILES string of the molecule is COc1ccc2nccc(/C=C/CNC[C@@H]3CN(c4ccc5c(c4)OCCO5)C(=O)O3)c2n1. The molecule has 9 heteroatoms. The lowest BCUT2D eigenvalue weighted by molar-refractivity contribution is 0.141. The van der Waals surface area contributed by atoms with Crippen LogP contribution in [-0.2, 0) is 4.74 Å². The first-order chi connectivity index (χ1) is 16.2. The predicted octanol–water partition coefficient (Wildman–Crippen LogP) is 3.04. The lowest BCUT2D eigenvalue weighted by Crippen LogP contribution is -2.31. The minimum absolute atomic E-state index is 0.244. The Bertz CT molecular complexity index is 1200. The molecule has 1 atom stereocenters. The maximum atomic E-state index is 12.4. The summed E-state index contributed by atoms with van der Waals surface area (Å²) in [6.45, 7) is 2.66. The summed E-state index contributed by atoms with van der Waals surface area (Å²) >= 11 is 0. The minimum Gasteiger partial charge on any atom is -0.486 e. The monoisotopic (exact) mass is 448 g/mol. The molecular weight excluding hydrogens is 424 g/mol. The first kappa shape index (κ1) is 21.0. The van der Waals surface area contributed by atoms with Gasteiger partial charge in [-0.25, -0.2) is 9.78 Å². The molecule has 2 aromatic heterocycles. The molecule has 1 N–H and O–H groups in total. The van der Waals surface area contributed by atoms with Crippen molar-refractivity contribution in [3.05, 3.63) is 54.2 Å². The third kappa shape index (κ3) is 4.54. The molecule has 3 aromatic rings. The molecule has 170 valence electrons. The van der Waals surface area contributed by atoms with Crippen molar-refractivity contribution in [2.45, 2.75) is 6.10 Å². The van der Waals surface area contributed by atoms with Crippen LogP contribution >= 0.6 is 0 Å². The smallest absolute Gasteiger partial charge is 0.414 e. The van der Waals surface area contributed by atoms with Gasteiger partial charge >= 0.3 is 6.09 Å². The highest BCUT2D eigenvalue weighted by Crippen LogP contribution is 2.35. The average Bonchev–Trinajstić information content (AvgIpc) is 3.23. The lowest BCUT2D eigenvalue weighted by atomic mass is 10.2. The molecule has 33 heavy (non-hydrogen) atoms. The molecule has 0 bridgehead atoms. The van der Waals surface area contributed by atoms with E-state index in [2.05, 4.69) is 15.3 Å². The van der Waals surface area contributed by atoms with Crippen molar-refractivity contribution in [1.29, 1.82) is 0 Å². The summed E-state index contributed by atoms with van der Waals surface area (Å²) in [5.41, 5.74) is 3.29. The van der Waals surface area contributed by atoms with E-state index in [1.54, 1.807) is 24.3 Å². The van der Waals surface area contributed by atoms with E-state index in [1.165, 1.54) is 0 Å². The topological polar surface area (TPSA) is 95.0 Å². The van der Waals surface area contributed by atoms with Gasteiger partial charge in [0.15, 0.2) is 11.5 Å². The van der Waals surface area contributed by atoms with E-state index in [0.29, 0.717) is 50.2 Å². The lowest BCUT2D eigenvalue weighted by Gasteiger charge is -2.21. The first-order valence-corrected chi connectivity index (χ1v) is 10.8. The third-order valence-electron chi connectivity index (χ3n) is 5.44. The van der Waals surface area contributed by atoms with Crippen LogP contribution in [-0.4, -0.2) is 62.1 Å². The van der Waals surface area contributed by atoms with Gasteiger partial charge in [-0.2, -0.15) is 0 Å². The number of nitrogens with zero attached hydrogens (tertiary/aromatic N) is 3. The van der Waals surface area contributed by atoms with Crippen LogP contribution in [0, 0.1) is 0 Å². The zero-order valence-electron chi connectivity index (χ0n) is 18.2. The standard InChI is InChI=1S/C24H24N4O5/c1-30-22-7-5-19-23(27-22)16(8-10-26-19)3-2-9-25-14-18-15-28(24(29)33-18)17-4-6-20-21(13-17)32-12-11-31-20/h2-8,10,13,18,25H,9,11-12,14-15H2,1H3/b3-2+/t18-/m1/s1. The molecule has 0 saturated carbocycles. The van der Waals surface area contributed by atoms with Crippen LogP contribution in [0.25, 0.3) is 17.1 Å². The number of pyridine rings is 2. The van der Waals surface area contributed by atoms with Crippen LogP contribution in [0.15, 0.2) is 48.7 Å². The van der Waals surface area contributed by atoms with Crippen molar-refractivity contribution in [2.75, 3.05) is 44.9 Å². The van der Waals surface area contributed by atoms with E-state index in [0.717, 1.165) is 22.3 Å². The van der Waals surface area contributed by atoms with Gasteiger partial charge in [0, 0.05) is 37.0 Å². The number of methoxy groups -OCH3 is 1. The van der Waals surface area contributed by atoms with Gasteiger partial charge in [0.05, 0.1) is 30.4 Å². The number of cyclic esters (lactones) is 1. The molecule has 1 fully saturated rings. The van der Waals surface area contributed by atoms with Gasteiger partial charge in [-0.15, -0.1) is 0 Å².